The number of ether oxygens (including phenoxy) is 1. The molecule has 0 aromatic heterocycles. The standard InChI is InChI=1S/C12H15OS/c1-2-13-11-5-7-12(8-6-11)14-9-3-4-10-14/h2,5-8H,1,3-4,9-10H2/q+1. The number of hydrogen-bond donors (Lipinski definition) is 0. The van der Waals surface area contributed by atoms with E-state index < -0.39 is 0 Å². The van der Waals surface area contributed by atoms with E-state index in [0.717, 1.165) is 5.75 Å². The molecule has 0 spiro atoms. The summed E-state index contributed by atoms with van der Waals surface area (Å²) >= 11 is 0. The molecule has 1 aliphatic rings. The Morgan fingerprint density at radius 3 is 2.36 bits per heavy atom. The van der Waals surface area contributed by atoms with Crippen LogP contribution in [0.25, 0.3) is 0 Å². The summed E-state index contributed by atoms with van der Waals surface area (Å²) in [5.74, 6) is 3.63. The van der Waals surface area contributed by atoms with Gasteiger partial charge in [0.25, 0.3) is 0 Å². The molecule has 1 aromatic rings. The summed E-state index contributed by atoms with van der Waals surface area (Å²) in [6.45, 7) is 3.54. The highest BCUT2D eigenvalue weighted by atomic mass is 32.2. The van der Waals surface area contributed by atoms with Gasteiger partial charge in [-0.1, -0.05) is 6.58 Å². The summed E-state index contributed by atoms with van der Waals surface area (Å²) in [6.07, 6.45) is 4.26. The van der Waals surface area contributed by atoms with Crippen LogP contribution >= 0.6 is 0 Å². The second-order valence-electron chi connectivity index (χ2n) is 3.36. The van der Waals surface area contributed by atoms with Crippen LogP contribution in [0.4, 0.5) is 0 Å². The van der Waals surface area contributed by atoms with E-state index in [1.54, 1.807) is 0 Å². The molecule has 0 atom stereocenters. The summed E-state index contributed by atoms with van der Waals surface area (Å²) in [5, 5.41) is 0. The van der Waals surface area contributed by atoms with Crippen LogP contribution < -0.4 is 4.74 Å². The molecule has 1 saturated heterocycles. The first-order chi connectivity index (χ1) is 6.90. The Labute approximate surface area is 88.1 Å². The highest BCUT2D eigenvalue weighted by Crippen LogP contribution is 2.24. The number of rotatable bonds is 3. The van der Waals surface area contributed by atoms with E-state index in [1.165, 1.54) is 35.5 Å². The van der Waals surface area contributed by atoms with Crippen molar-refractivity contribution in [2.75, 3.05) is 11.5 Å². The van der Waals surface area contributed by atoms with Crippen molar-refractivity contribution in [2.24, 2.45) is 0 Å². The third-order valence-electron chi connectivity index (χ3n) is 2.41. The minimum atomic E-state index is 0.516. The molecule has 2 heteroatoms. The fourth-order valence-corrected chi connectivity index (χ4v) is 4.00. The van der Waals surface area contributed by atoms with Gasteiger partial charge in [-0.05, 0) is 37.1 Å². The molecule has 1 aliphatic heterocycles. The van der Waals surface area contributed by atoms with Crippen molar-refractivity contribution in [2.45, 2.75) is 17.7 Å². The van der Waals surface area contributed by atoms with Gasteiger partial charge in [-0.3, -0.25) is 0 Å². The lowest BCUT2D eigenvalue weighted by molar-refractivity contribution is 0.483. The molecule has 0 saturated carbocycles. The first-order valence-corrected chi connectivity index (χ1v) is 6.51. The molecule has 0 N–H and O–H groups in total. The Morgan fingerprint density at radius 2 is 1.79 bits per heavy atom. The summed E-state index contributed by atoms with van der Waals surface area (Å²) < 4.78 is 5.19. The highest BCUT2D eigenvalue weighted by molar-refractivity contribution is 7.97. The smallest absolute Gasteiger partial charge is 0.155 e. The monoisotopic (exact) mass is 207 g/mol. The van der Waals surface area contributed by atoms with Crippen LogP contribution in [-0.4, -0.2) is 11.5 Å². The zero-order chi connectivity index (χ0) is 9.80. The van der Waals surface area contributed by atoms with Crippen molar-refractivity contribution >= 4 is 10.9 Å². The van der Waals surface area contributed by atoms with Crippen LogP contribution in [0.2, 0.25) is 0 Å². The quantitative estimate of drug-likeness (QED) is 0.547. The molecule has 1 fully saturated rings. The predicted octanol–water partition coefficient (Wildman–Crippen LogP) is 2.98. The van der Waals surface area contributed by atoms with E-state index >= 15 is 0 Å². The first-order valence-electron chi connectivity index (χ1n) is 4.95. The van der Waals surface area contributed by atoms with E-state index in [2.05, 4.69) is 18.7 Å². The molecule has 0 unspecified atom stereocenters. The normalized spacial score (nSPS) is 16.9. The fourth-order valence-electron chi connectivity index (χ4n) is 1.70. The maximum absolute atomic E-state index is 5.19. The second kappa shape index (κ2) is 4.56. The molecule has 1 aromatic carbocycles. The minimum Gasteiger partial charge on any atom is -0.466 e. The second-order valence-corrected chi connectivity index (χ2v) is 5.64. The van der Waals surface area contributed by atoms with Crippen molar-refractivity contribution in [3.63, 3.8) is 0 Å². The van der Waals surface area contributed by atoms with Gasteiger partial charge in [-0.2, -0.15) is 0 Å². The van der Waals surface area contributed by atoms with Crippen molar-refractivity contribution in [1.29, 1.82) is 0 Å². The molecule has 74 valence electrons. The van der Waals surface area contributed by atoms with Crippen molar-refractivity contribution < 1.29 is 4.74 Å². The average Bonchev–Trinajstić information content (AvgIpc) is 2.72. The van der Waals surface area contributed by atoms with Gasteiger partial charge >= 0.3 is 0 Å². The van der Waals surface area contributed by atoms with Gasteiger partial charge in [-0.25, -0.2) is 0 Å². The fraction of sp³-hybridized carbons (Fsp3) is 0.333. The van der Waals surface area contributed by atoms with E-state index in [0.29, 0.717) is 10.9 Å². The van der Waals surface area contributed by atoms with E-state index in [9.17, 15) is 0 Å². The van der Waals surface area contributed by atoms with Crippen LogP contribution in [-0.2, 0) is 10.9 Å². The lowest BCUT2D eigenvalue weighted by Gasteiger charge is -2.01. The number of hydrogen-bond acceptors (Lipinski definition) is 1. The Hall–Kier alpha value is -0.890. The van der Waals surface area contributed by atoms with Gasteiger partial charge in [0.15, 0.2) is 4.90 Å². The Bertz CT molecular complexity index is 299. The van der Waals surface area contributed by atoms with Crippen molar-refractivity contribution in [1.82, 2.24) is 0 Å². The Morgan fingerprint density at radius 1 is 1.14 bits per heavy atom. The van der Waals surface area contributed by atoms with Crippen molar-refractivity contribution in [3.8, 4) is 5.75 Å². The van der Waals surface area contributed by atoms with Gasteiger partial charge in [0.2, 0.25) is 0 Å². The Kier molecular flexibility index (Phi) is 3.14. The van der Waals surface area contributed by atoms with Gasteiger partial charge < -0.3 is 4.74 Å². The number of benzene rings is 1. The van der Waals surface area contributed by atoms with Crippen molar-refractivity contribution in [3.05, 3.63) is 37.1 Å². The zero-order valence-corrected chi connectivity index (χ0v) is 9.06. The topological polar surface area (TPSA) is 9.23 Å². The molecule has 1 nitrogen and oxygen atoms in total. The van der Waals surface area contributed by atoms with Crippen LogP contribution in [0.3, 0.4) is 0 Å². The zero-order valence-electron chi connectivity index (χ0n) is 8.24. The van der Waals surface area contributed by atoms with E-state index in [-0.39, 0.29) is 0 Å². The molecule has 2 rings (SSSR count). The molecule has 0 aliphatic carbocycles. The van der Waals surface area contributed by atoms with Gasteiger partial charge in [0.05, 0.1) is 6.26 Å². The van der Waals surface area contributed by atoms with E-state index in [4.69, 9.17) is 4.74 Å². The predicted molar refractivity (Wildman–Crippen MR) is 61.9 cm³/mol. The summed E-state index contributed by atoms with van der Waals surface area (Å²) in [4.78, 5) is 1.49. The highest BCUT2D eigenvalue weighted by Gasteiger charge is 2.26. The molecule has 0 radical (unpaired) electrons. The summed E-state index contributed by atoms with van der Waals surface area (Å²) in [7, 11) is 0.516. The maximum atomic E-state index is 5.19. The first kappa shape index (κ1) is 9.66. The lowest BCUT2D eigenvalue weighted by atomic mass is 10.3. The van der Waals surface area contributed by atoms with Gasteiger partial charge in [0.1, 0.15) is 17.3 Å². The molecule has 0 bridgehead atoms. The van der Waals surface area contributed by atoms with Crippen LogP contribution in [0.5, 0.6) is 5.75 Å². The lowest BCUT2D eigenvalue weighted by Crippen LogP contribution is -2.03. The molecular weight excluding hydrogens is 192 g/mol. The van der Waals surface area contributed by atoms with Crippen LogP contribution in [0, 0.1) is 0 Å². The SMILES string of the molecule is C=COc1ccc([S+]2CCCC2)cc1. The molecule has 0 amide bonds. The summed E-state index contributed by atoms with van der Waals surface area (Å²) in [6, 6.07) is 8.44. The summed E-state index contributed by atoms with van der Waals surface area (Å²) in [5.41, 5.74) is 0. The Balaban J connectivity index is 2.08. The third kappa shape index (κ3) is 2.13. The van der Waals surface area contributed by atoms with Gasteiger partial charge in [-0.15, -0.1) is 0 Å². The molecule has 1 heterocycles. The van der Waals surface area contributed by atoms with Crippen LogP contribution in [0.15, 0.2) is 42.0 Å². The van der Waals surface area contributed by atoms with E-state index in [1.807, 2.05) is 12.1 Å². The molecular formula is C12H15OS+. The van der Waals surface area contributed by atoms with Gasteiger partial charge in [0, 0.05) is 10.9 Å². The third-order valence-corrected chi connectivity index (χ3v) is 4.91. The average molecular weight is 207 g/mol. The van der Waals surface area contributed by atoms with Crippen LogP contribution in [0.1, 0.15) is 12.8 Å². The molecule has 14 heavy (non-hydrogen) atoms. The minimum absolute atomic E-state index is 0.516. The maximum Gasteiger partial charge on any atom is 0.155 e. The largest absolute Gasteiger partial charge is 0.466 e.